The highest BCUT2D eigenvalue weighted by molar-refractivity contribution is 5.94. The van der Waals surface area contributed by atoms with Crippen molar-refractivity contribution in [2.75, 3.05) is 7.11 Å². The number of carbonyl (C=O) groups is 1. The van der Waals surface area contributed by atoms with Crippen LogP contribution in [-0.2, 0) is 6.54 Å². The van der Waals surface area contributed by atoms with Crippen LogP contribution in [0.25, 0.3) is 0 Å². The molecule has 0 aliphatic rings. The standard InChI is InChI=1S/C12H12FN3O2/c1-18-11-3-2-8(4-10(11)13)12(17)15-6-9-5-14-7-16-9/h2-5,7H,6H2,1H3,(H,14,16)(H,15,17). The Morgan fingerprint density at radius 3 is 3.00 bits per heavy atom. The smallest absolute Gasteiger partial charge is 0.251 e. The van der Waals surface area contributed by atoms with E-state index < -0.39 is 5.82 Å². The topological polar surface area (TPSA) is 67.0 Å². The molecule has 0 atom stereocenters. The van der Waals surface area contributed by atoms with Crippen LogP contribution in [0.5, 0.6) is 5.75 Å². The van der Waals surface area contributed by atoms with E-state index in [9.17, 15) is 9.18 Å². The highest BCUT2D eigenvalue weighted by Crippen LogP contribution is 2.17. The summed E-state index contributed by atoms with van der Waals surface area (Å²) in [6, 6.07) is 4.06. The minimum Gasteiger partial charge on any atom is -0.494 e. The highest BCUT2D eigenvalue weighted by Gasteiger charge is 2.09. The number of benzene rings is 1. The first-order chi connectivity index (χ1) is 8.70. The lowest BCUT2D eigenvalue weighted by Gasteiger charge is -2.06. The number of aromatic amines is 1. The summed E-state index contributed by atoms with van der Waals surface area (Å²) in [6.45, 7) is 0.312. The molecule has 1 heterocycles. The average molecular weight is 249 g/mol. The lowest BCUT2D eigenvalue weighted by atomic mass is 10.2. The Kier molecular flexibility index (Phi) is 3.57. The number of methoxy groups -OCH3 is 1. The molecule has 5 nitrogen and oxygen atoms in total. The fourth-order valence-corrected chi connectivity index (χ4v) is 1.47. The van der Waals surface area contributed by atoms with Gasteiger partial charge in [-0.1, -0.05) is 0 Å². The number of halogens is 1. The summed E-state index contributed by atoms with van der Waals surface area (Å²) in [4.78, 5) is 18.4. The van der Waals surface area contributed by atoms with Crippen molar-refractivity contribution >= 4 is 5.91 Å². The molecule has 1 aromatic carbocycles. The third kappa shape index (κ3) is 2.65. The predicted octanol–water partition coefficient (Wildman–Crippen LogP) is 1.49. The van der Waals surface area contributed by atoms with Gasteiger partial charge in [-0.2, -0.15) is 0 Å². The number of hydrogen-bond acceptors (Lipinski definition) is 3. The van der Waals surface area contributed by atoms with Gasteiger partial charge >= 0.3 is 0 Å². The molecule has 0 aliphatic heterocycles. The normalized spacial score (nSPS) is 10.1. The molecule has 94 valence electrons. The number of aromatic nitrogens is 2. The van der Waals surface area contributed by atoms with E-state index in [2.05, 4.69) is 15.3 Å². The van der Waals surface area contributed by atoms with Crippen molar-refractivity contribution in [2.45, 2.75) is 6.54 Å². The van der Waals surface area contributed by atoms with Crippen LogP contribution in [0.1, 0.15) is 16.1 Å². The van der Waals surface area contributed by atoms with Gasteiger partial charge in [0.05, 0.1) is 25.7 Å². The lowest BCUT2D eigenvalue weighted by Crippen LogP contribution is -2.23. The Labute approximate surface area is 103 Å². The maximum atomic E-state index is 13.4. The van der Waals surface area contributed by atoms with Crippen LogP contribution in [0.2, 0.25) is 0 Å². The van der Waals surface area contributed by atoms with Crippen molar-refractivity contribution in [1.29, 1.82) is 0 Å². The van der Waals surface area contributed by atoms with E-state index in [1.807, 2.05) is 0 Å². The lowest BCUT2D eigenvalue weighted by molar-refractivity contribution is 0.0950. The Bertz CT molecular complexity index is 540. The van der Waals surface area contributed by atoms with Crippen LogP contribution in [0, 0.1) is 5.82 Å². The molecule has 6 heteroatoms. The molecule has 0 unspecified atom stereocenters. The zero-order chi connectivity index (χ0) is 13.0. The average Bonchev–Trinajstić information content (AvgIpc) is 2.89. The van der Waals surface area contributed by atoms with E-state index in [1.54, 1.807) is 6.20 Å². The van der Waals surface area contributed by atoms with Crippen LogP contribution in [0.15, 0.2) is 30.7 Å². The largest absolute Gasteiger partial charge is 0.494 e. The SMILES string of the molecule is COc1ccc(C(=O)NCc2cnc[nH]2)cc1F. The second kappa shape index (κ2) is 5.31. The van der Waals surface area contributed by atoms with E-state index in [-0.39, 0.29) is 17.2 Å². The van der Waals surface area contributed by atoms with Gasteiger partial charge in [0, 0.05) is 11.8 Å². The van der Waals surface area contributed by atoms with E-state index in [0.717, 1.165) is 11.8 Å². The fraction of sp³-hybridized carbons (Fsp3) is 0.167. The van der Waals surface area contributed by atoms with Gasteiger partial charge in [-0.05, 0) is 18.2 Å². The fourth-order valence-electron chi connectivity index (χ4n) is 1.47. The summed E-state index contributed by atoms with van der Waals surface area (Å²) in [6.07, 6.45) is 3.13. The minimum atomic E-state index is -0.563. The highest BCUT2D eigenvalue weighted by atomic mass is 19.1. The number of rotatable bonds is 4. The molecular weight excluding hydrogens is 237 g/mol. The molecule has 1 aromatic heterocycles. The number of carbonyl (C=O) groups excluding carboxylic acids is 1. The number of nitrogens with one attached hydrogen (secondary N) is 2. The van der Waals surface area contributed by atoms with Gasteiger partial charge in [-0.3, -0.25) is 4.79 Å². The third-order valence-electron chi connectivity index (χ3n) is 2.41. The molecule has 2 aromatic rings. The van der Waals surface area contributed by atoms with Crippen LogP contribution in [0.4, 0.5) is 4.39 Å². The second-order valence-electron chi connectivity index (χ2n) is 3.61. The van der Waals surface area contributed by atoms with Gasteiger partial charge in [0.25, 0.3) is 5.91 Å². The quantitative estimate of drug-likeness (QED) is 0.862. The molecular formula is C12H12FN3O2. The van der Waals surface area contributed by atoms with Crippen molar-refractivity contribution in [1.82, 2.24) is 15.3 Å². The minimum absolute atomic E-state index is 0.111. The van der Waals surface area contributed by atoms with Crippen molar-refractivity contribution in [3.05, 3.63) is 47.8 Å². The van der Waals surface area contributed by atoms with Crippen molar-refractivity contribution < 1.29 is 13.9 Å². The van der Waals surface area contributed by atoms with Crippen molar-refractivity contribution in [3.8, 4) is 5.75 Å². The Morgan fingerprint density at radius 1 is 1.56 bits per heavy atom. The van der Waals surface area contributed by atoms with Crippen LogP contribution < -0.4 is 10.1 Å². The number of imidazole rings is 1. The monoisotopic (exact) mass is 249 g/mol. The van der Waals surface area contributed by atoms with Gasteiger partial charge in [-0.15, -0.1) is 0 Å². The molecule has 18 heavy (non-hydrogen) atoms. The summed E-state index contributed by atoms with van der Waals surface area (Å²) >= 11 is 0. The zero-order valence-electron chi connectivity index (χ0n) is 9.74. The van der Waals surface area contributed by atoms with Gasteiger partial charge < -0.3 is 15.0 Å². The number of H-pyrrole nitrogens is 1. The maximum absolute atomic E-state index is 13.4. The maximum Gasteiger partial charge on any atom is 0.251 e. The molecule has 0 saturated carbocycles. The molecule has 0 radical (unpaired) electrons. The van der Waals surface area contributed by atoms with Gasteiger partial charge in [0.15, 0.2) is 11.6 Å². The van der Waals surface area contributed by atoms with Crippen LogP contribution in [-0.4, -0.2) is 23.0 Å². The molecule has 0 aliphatic carbocycles. The van der Waals surface area contributed by atoms with Crippen molar-refractivity contribution in [2.24, 2.45) is 0 Å². The van der Waals surface area contributed by atoms with Gasteiger partial charge in [0.2, 0.25) is 0 Å². The number of hydrogen-bond donors (Lipinski definition) is 2. The molecule has 0 spiro atoms. The number of amides is 1. The molecule has 1 amide bonds. The van der Waals surface area contributed by atoms with E-state index in [1.165, 1.54) is 25.6 Å². The van der Waals surface area contributed by atoms with E-state index in [4.69, 9.17) is 4.74 Å². The van der Waals surface area contributed by atoms with Gasteiger partial charge in [-0.25, -0.2) is 9.37 Å². The predicted molar refractivity (Wildman–Crippen MR) is 62.7 cm³/mol. The molecule has 0 fully saturated rings. The van der Waals surface area contributed by atoms with Crippen LogP contribution >= 0.6 is 0 Å². The first kappa shape index (κ1) is 12.1. The van der Waals surface area contributed by atoms with Crippen LogP contribution in [0.3, 0.4) is 0 Å². The van der Waals surface area contributed by atoms with Gasteiger partial charge in [0.1, 0.15) is 0 Å². The summed E-state index contributed by atoms with van der Waals surface area (Å²) in [5, 5.41) is 2.65. The number of ether oxygens (including phenoxy) is 1. The molecule has 0 saturated heterocycles. The number of nitrogens with zero attached hydrogens (tertiary/aromatic N) is 1. The Hall–Kier alpha value is -2.37. The summed E-state index contributed by atoms with van der Waals surface area (Å²) in [7, 11) is 1.37. The second-order valence-corrected chi connectivity index (χ2v) is 3.61. The zero-order valence-corrected chi connectivity index (χ0v) is 9.74. The molecule has 2 rings (SSSR count). The summed E-state index contributed by atoms with van der Waals surface area (Å²) in [5.74, 6) is -0.807. The molecule has 0 bridgehead atoms. The Morgan fingerprint density at radius 2 is 2.39 bits per heavy atom. The van der Waals surface area contributed by atoms with Crippen molar-refractivity contribution in [3.63, 3.8) is 0 Å². The van der Waals surface area contributed by atoms with E-state index >= 15 is 0 Å². The third-order valence-corrected chi connectivity index (χ3v) is 2.41. The first-order valence-electron chi connectivity index (χ1n) is 5.29. The Balaban J connectivity index is 2.02. The summed E-state index contributed by atoms with van der Waals surface area (Å²) in [5.41, 5.74) is 1.02. The van der Waals surface area contributed by atoms with E-state index in [0.29, 0.717) is 6.54 Å². The molecule has 2 N–H and O–H groups in total. The first-order valence-corrected chi connectivity index (χ1v) is 5.29. The summed E-state index contributed by atoms with van der Waals surface area (Å²) < 4.78 is 18.2.